The van der Waals surface area contributed by atoms with Crippen LogP contribution in [0.2, 0.25) is 0 Å². The number of nitrogens with one attached hydrogen (secondary N) is 1. The number of carbonyl (C=O) groups excluding carboxylic acids is 1. The number of carbonyl (C=O) groups is 1. The van der Waals surface area contributed by atoms with Gasteiger partial charge in [-0.3, -0.25) is 14.4 Å². The molecule has 0 atom stereocenters. The smallest absolute Gasteiger partial charge is 0.271 e. The summed E-state index contributed by atoms with van der Waals surface area (Å²) in [6.07, 6.45) is 6.11. The van der Waals surface area contributed by atoms with Gasteiger partial charge in [-0.2, -0.15) is 5.10 Å². The number of nitrogens with zero attached hydrogens (tertiary/aromatic N) is 3. The lowest BCUT2D eigenvalue weighted by Crippen LogP contribution is -2.41. The molecule has 0 spiro atoms. The van der Waals surface area contributed by atoms with Crippen molar-refractivity contribution in [2.24, 2.45) is 7.05 Å². The van der Waals surface area contributed by atoms with Crippen LogP contribution in [0.15, 0.2) is 35.2 Å². The predicted octanol–water partition coefficient (Wildman–Crippen LogP) is 1.76. The molecule has 2 heterocycles. The van der Waals surface area contributed by atoms with Crippen molar-refractivity contribution in [1.82, 2.24) is 20.0 Å². The van der Waals surface area contributed by atoms with Crippen LogP contribution in [0, 0.1) is 11.7 Å². The van der Waals surface area contributed by atoms with Crippen molar-refractivity contribution in [2.45, 2.75) is 11.3 Å². The lowest BCUT2D eigenvalue weighted by molar-refractivity contribution is 0.0383. The topological polar surface area (TPSA) is 59.4 Å². The number of benzene rings is 1. The Balaban J connectivity index is 1.59. The number of terminal acetylenes is 1. The Morgan fingerprint density at radius 3 is 2.93 bits per heavy atom. The molecule has 0 bridgehead atoms. The molecule has 1 amide bonds. The van der Waals surface area contributed by atoms with Gasteiger partial charge in [-0.05, 0) is 34.7 Å². The maximum Gasteiger partial charge on any atom is 0.271 e. The molecule has 0 unspecified atom stereocenters. The molecule has 0 saturated carbocycles. The number of morpholine rings is 1. The van der Waals surface area contributed by atoms with Gasteiger partial charge in [-0.1, -0.05) is 18.2 Å². The van der Waals surface area contributed by atoms with E-state index in [9.17, 15) is 4.79 Å². The highest BCUT2D eigenvalue weighted by Crippen LogP contribution is 2.24. The van der Waals surface area contributed by atoms with E-state index in [1.807, 2.05) is 31.3 Å². The quantitative estimate of drug-likeness (QED) is 0.582. The Kier molecular flexibility index (Phi) is 6.93. The lowest BCUT2D eigenvalue weighted by atomic mass is 10.1. The van der Waals surface area contributed by atoms with E-state index in [1.54, 1.807) is 4.68 Å². The average molecular weight is 385 g/mol. The summed E-state index contributed by atoms with van der Waals surface area (Å²) in [5, 5.41) is 9.94. The molecule has 1 saturated heterocycles. The highest BCUT2D eigenvalue weighted by Gasteiger charge is 2.15. The number of rotatable bonds is 7. The van der Waals surface area contributed by atoms with Crippen molar-refractivity contribution >= 4 is 17.7 Å². The molecule has 1 aliphatic rings. The first kappa shape index (κ1) is 19.5. The standard InChI is InChI=1S/C20H24N4O2S/c1-3-27-19-7-5-4-6-16(19)14-17-15-18(22-23(17)2)20(25)21-8-9-24-10-12-26-13-11-24/h1,4-7,15H,8-14H2,2H3,(H,21,25). The highest BCUT2D eigenvalue weighted by atomic mass is 32.2. The maximum atomic E-state index is 12.4. The number of aryl methyl sites for hydroxylation is 1. The minimum absolute atomic E-state index is 0.142. The summed E-state index contributed by atoms with van der Waals surface area (Å²) in [4.78, 5) is 15.8. The van der Waals surface area contributed by atoms with Crippen LogP contribution in [0.25, 0.3) is 0 Å². The van der Waals surface area contributed by atoms with Crippen molar-refractivity contribution in [1.29, 1.82) is 0 Å². The Labute approximate surface area is 164 Å². The number of thioether (sulfide) groups is 1. The van der Waals surface area contributed by atoms with Crippen LogP contribution in [-0.4, -0.2) is 60.0 Å². The number of hydrogen-bond donors (Lipinski definition) is 1. The molecule has 0 radical (unpaired) electrons. The average Bonchev–Trinajstić information content (AvgIpc) is 3.05. The fourth-order valence-electron chi connectivity index (χ4n) is 3.03. The summed E-state index contributed by atoms with van der Waals surface area (Å²) in [6.45, 7) is 4.78. The fourth-order valence-corrected chi connectivity index (χ4v) is 3.58. The minimum Gasteiger partial charge on any atom is -0.379 e. The Bertz CT molecular complexity index is 822. The van der Waals surface area contributed by atoms with E-state index in [-0.39, 0.29) is 5.91 Å². The summed E-state index contributed by atoms with van der Waals surface area (Å²) in [5.41, 5.74) is 2.54. The normalized spacial score (nSPS) is 14.7. The molecule has 142 valence electrons. The van der Waals surface area contributed by atoms with Gasteiger partial charge in [-0.15, -0.1) is 6.42 Å². The third-order valence-corrected chi connectivity index (χ3v) is 5.28. The van der Waals surface area contributed by atoms with E-state index in [0.29, 0.717) is 18.7 Å². The first-order valence-electron chi connectivity index (χ1n) is 8.99. The summed E-state index contributed by atoms with van der Waals surface area (Å²) in [5.74, 6) is -0.142. The molecule has 27 heavy (non-hydrogen) atoms. The van der Waals surface area contributed by atoms with Crippen molar-refractivity contribution < 1.29 is 9.53 Å². The highest BCUT2D eigenvalue weighted by molar-refractivity contribution is 8.04. The monoisotopic (exact) mass is 384 g/mol. The van der Waals surface area contributed by atoms with Gasteiger partial charge in [0.2, 0.25) is 0 Å². The Morgan fingerprint density at radius 2 is 2.15 bits per heavy atom. The molecular formula is C20H24N4O2S. The fraction of sp³-hybridized carbons (Fsp3) is 0.400. The molecule has 7 heteroatoms. The van der Waals surface area contributed by atoms with Crippen molar-refractivity contribution in [2.75, 3.05) is 39.4 Å². The molecular weight excluding hydrogens is 360 g/mol. The van der Waals surface area contributed by atoms with Gasteiger partial charge in [0.25, 0.3) is 5.91 Å². The Hall–Kier alpha value is -2.27. The molecule has 1 aliphatic heterocycles. The molecule has 1 fully saturated rings. The Morgan fingerprint density at radius 1 is 1.37 bits per heavy atom. The van der Waals surface area contributed by atoms with Gasteiger partial charge in [0, 0.05) is 50.2 Å². The second-order valence-electron chi connectivity index (χ2n) is 6.36. The zero-order valence-electron chi connectivity index (χ0n) is 15.5. The summed E-state index contributed by atoms with van der Waals surface area (Å²) < 4.78 is 7.09. The van der Waals surface area contributed by atoms with Gasteiger partial charge >= 0.3 is 0 Å². The van der Waals surface area contributed by atoms with Crippen molar-refractivity contribution in [3.8, 4) is 11.7 Å². The molecule has 2 aromatic rings. The first-order valence-corrected chi connectivity index (χ1v) is 9.80. The van der Waals surface area contributed by atoms with E-state index < -0.39 is 0 Å². The second-order valence-corrected chi connectivity index (χ2v) is 7.24. The molecule has 1 aromatic carbocycles. The lowest BCUT2D eigenvalue weighted by Gasteiger charge is -2.26. The van der Waals surface area contributed by atoms with Gasteiger partial charge in [0.05, 0.1) is 13.2 Å². The molecule has 0 aliphatic carbocycles. The molecule has 1 N–H and O–H groups in total. The number of ether oxygens (including phenoxy) is 1. The van der Waals surface area contributed by atoms with E-state index in [2.05, 4.69) is 26.6 Å². The van der Waals surface area contributed by atoms with Crippen LogP contribution >= 0.6 is 11.8 Å². The number of aromatic nitrogens is 2. The van der Waals surface area contributed by atoms with Crippen LogP contribution in [-0.2, 0) is 18.2 Å². The zero-order valence-corrected chi connectivity index (χ0v) is 16.3. The maximum absolute atomic E-state index is 12.4. The van der Waals surface area contributed by atoms with E-state index in [4.69, 9.17) is 11.2 Å². The van der Waals surface area contributed by atoms with Crippen LogP contribution < -0.4 is 5.32 Å². The summed E-state index contributed by atoms with van der Waals surface area (Å²) in [7, 11) is 1.86. The van der Waals surface area contributed by atoms with Gasteiger partial charge in [0.15, 0.2) is 0 Å². The SMILES string of the molecule is C#CSc1ccccc1Cc1cc(C(=O)NCCN2CCOCC2)nn1C. The molecule has 3 rings (SSSR count). The van der Waals surface area contributed by atoms with Crippen LogP contribution in [0.4, 0.5) is 0 Å². The third-order valence-electron chi connectivity index (χ3n) is 4.54. The van der Waals surface area contributed by atoms with Crippen LogP contribution in [0.1, 0.15) is 21.7 Å². The second kappa shape index (κ2) is 9.60. The molecule has 6 nitrogen and oxygen atoms in total. The van der Waals surface area contributed by atoms with Gasteiger partial charge in [-0.25, -0.2) is 0 Å². The van der Waals surface area contributed by atoms with Crippen molar-refractivity contribution in [3.63, 3.8) is 0 Å². The van der Waals surface area contributed by atoms with E-state index >= 15 is 0 Å². The first-order chi connectivity index (χ1) is 13.2. The van der Waals surface area contributed by atoms with Gasteiger partial charge < -0.3 is 10.1 Å². The van der Waals surface area contributed by atoms with Crippen molar-refractivity contribution in [3.05, 3.63) is 47.3 Å². The molecule has 1 aromatic heterocycles. The van der Waals surface area contributed by atoms with E-state index in [0.717, 1.165) is 49.0 Å². The predicted molar refractivity (Wildman–Crippen MR) is 107 cm³/mol. The number of hydrogen-bond acceptors (Lipinski definition) is 5. The third kappa shape index (κ3) is 5.36. The number of amides is 1. The van der Waals surface area contributed by atoms with Crippen LogP contribution in [0.3, 0.4) is 0 Å². The van der Waals surface area contributed by atoms with E-state index in [1.165, 1.54) is 11.8 Å². The minimum atomic E-state index is -0.142. The summed E-state index contributed by atoms with van der Waals surface area (Å²) >= 11 is 1.37. The van der Waals surface area contributed by atoms with Gasteiger partial charge in [0.1, 0.15) is 5.69 Å². The summed E-state index contributed by atoms with van der Waals surface area (Å²) in [6, 6.07) is 9.87. The zero-order chi connectivity index (χ0) is 19.1. The van der Waals surface area contributed by atoms with Crippen LogP contribution in [0.5, 0.6) is 0 Å². The largest absolute Gasteiger partial charge is 0.379 e.